The molecular formula is C13H15N3O5S. The van der Waals surface area contributed by atoms with Crippen LogP contribution in [0.2, 0.25) is 0 Å². The summed E-state index contributed by atoms with van der Waals surface area (Å²) in [4.78, 5) is 32.8. The van der Waals surface area contributed by atoms with E-state index in [1.165, 1.54) is 19.1 Å². The number of aliphatic carboxylic acids is 1. The molecule has 1 aromatic carbocycles. The number of nitrogens with zero attached hydrogens (tertiary/aromatic N) is 1. The number of carboxylic acids is 1. The van der Waals surface area contributed by atoms with Gasteiger partial charge in [0.2, 0.25) is 5.91 Å². The Morgan fingerprint density at radius 2 is 2.18 bits per heavy atom. The molecule has 0 aliphatic carbocycles. The SMILES string of the molecule is C=C(N)c1ccc(SCC(NC(C)=O)C(=O)O)c([N+](=O)[O-])c1. The Bertz CT molecular complexity index is 632. The summed E-state index contributed by atoms with van der Waals surface area (Å²) in [5.41, 5.74) is 5.93. The van der Waals surface area contributed by atoms with Crippen molar-refractivity contribution in [2.24, 2.45) is 5.73 Å². The third-order valence-corrected chi connectivity index (χ3v) is 3.76. The fraction of sp³-hybridized carbons (Fsp3) is 0.231. The zero-order valence-electron chi connectivity index (χ0n) is 11.7. The number of nitro benzene ring substituents is 1. The van der Waals surface area contributed by atoms with Crippen LogP contribution < -0.4 is 11.1 Å². The highest BCUT2D eigenvalue weighted by atomic mass is 32.2. The van der Waals surface area contributed by atoms with Crippen molar-refractivity contribution in [3.8, 4) is 0 Å². The van der Waals surface area contributed by atoms with Crippen LogP contribution >= 0.6 is 11.8 Å². The first-order valence-electron chi connectivity index (χ1n) is 6.08. The van der Waals surface area contributed by atoms with Gasteiger partial charge in [0.25, 0.3) is 5.69 Å². The molecule has 8 nitrogen and oxygen atoms in total. The van der Waals surface area contributed by atoms with Crippen LogP contribution in [-0.2, 0) is 9.59 Å². The maximum absolute atomic E-state index is 11.1. The lowest BCUT2D eigenvalue weighted by molar-refractivity contribution is -0.387. The van der Waals surface area contributed by atoms with E-state index in [0.29, 0.717) is 5.56 Å². The fourth-order valence-electron chi connectivity index (χ4n) is 1.58. The van der Waals surface area contributed by atoms with Gasteiger partial charge in [-0.25, -0.2) is 4.79 Å². The van der Waals surface area contributed by atoms with Gasteiger partial charge in [0.1, 0.15) is 6.04 Å². The molecule has 1 aromatic rings. The largest absolute Gasteiger partial charge is 0.480 e. The molecule has 9 heteroatoms. The lowest BCUT2D eigenvalue weighted by atomic mass is 10.1. The summed E-state index contributed by atoms with van der Waals surface area (Å²) in [6.07, 6.45) is 0. The smallest absolute Gasteiger partial charge is 0.327 e. The van der Waals surface area contributed by atoms with Crippen LogP contribution in [0.25, 0.3) is 5.70 Å². The van der Waals surface area contributed by atoms with Crippen LogP contribution in [-0.4, -0.2) is 33.7 Å². The molecule has 0 fully saturated rings. The molecular weight excluding hydrogens is 310 g/mol. The van der Waals surface area contributed by atoms with Gasteiger partial charge in [-0.1, -0.05) is 12.6 Å². The zero-order valence-corrected chi connectivity index (χ0v) is 12.6. The monoisotopic (exact) mass is 325 g/mol. The van der Waals surface area contributed by atoms with E-state index in [9.17, 15) is 19.7 Å². The average molecular weight is 325 g/mol. The second kappa shape index (κ2) is 7.46. The topological polar surface area (TPSA) is 136 Å². The van der Waals surface area contributed by atoms with Crippen molar-refractivity contribution in [3.63, 3.8) is 0 Å². The number of nitro groups is 1. The minimum atomic E-state index is -1.21. The van der Waals surface area contributed by atoms with Crippen LogP contribution in [0.3, 0.4) is 0 Å². The predicted octanol–water partition coefficient (Wildman–Crippen LogP) is 1.21. The van der Waals surface area contributed by atoms with Gasteiger partial charge in [-0.15, -0.1) is 11.8 Å². The molecule has 1 unspecified atom stereocenters. The molecule has 0 aliphatic heterocycles. The maximum Gasteiger partial charge on any atom is 0.327 e. The fourth-order valence-corrected chi connectivity index (χ4v) is 2.59. The molecule has 0 bridgehead atoms. The van der Waals surface area contributed by atoms with Crippen LogP contribution in [0.1, 0.15) is 12.5 Å². The van der Waals surface area contributed by atoms with E-state index in [1.807, 2.05) is 0 Å². The molecule has 0 saturated carbocycles. The minimum Gasteiger partial charge on any atom is -0.480 e. The molecule has 4 N–H and O–H groups in total. The summed E-state index contributed by atoms with van der Waals surface area (Å²) in [6, 6.07) is 3.18. The van der Waals surface area contributed by atoms with Gasteiger partial charge in [-0.3, -0.25) is 14.9 Å². The predicted molar refractivity (Wildman–Crippen MR) is 82.3 cm³/mol. The second-order valence-electron chi connectivity index (χ2n) is 4.37. The van der Waals surface area contributed by atoms with Crippen LogP contribution in [0.15, 0.2) is 29.7 Å². The second-order valence-corrected chi connectivity index (χ2v) is 5.43. The molecule has 0 aromatic heterocycles. The van der Waals surface area contributed by atoms with E-state index in [0.717, 1.165) is 11.8 Å². The van der Waals surface area contributed by atoms with Gasteiger partial charge in [0.15, 0.2) is 0 Å². The van der Waals surface area contributed by atoms with Crippen molar-refractivity contribution in [1.82, 2.24) is 5.32 Å². The number of benzene rings is 1. The summed E-state index contributed by atoms with van der Waals surface area (Å²) < 4.78 is 0. The van der Waals surface area contributed by atoms with Gasteiger partial charge in [-0.2, -0.15) is 0 Å². The number of hydrogen-bond donors (Lipinski definition) is 3. The lowest BCUT2D eigenvalue weighted by Crippen LogP contribution is -2.41. The van der Waals surface area contributed by atoms with Crippen LogP contribution in [0, 0.1) is 10.1 Å². The van der Waals surface area contributed by atoms with Crippen LogP contribution in [0.5, 0.6) is 0 Å². The van der Waals surface area contributed by atoms with Crippen molar-refractivity contribution in [2.45, 2.75) is 17.9 Å². The van der Waals surface area contributed by atoms with E-state index in [1.54, 1.807) is 6.07 Å². The molecule has 1 amide bonds. The number of amides is 1. The Kier molecular flexibility index (Phi) is 5.93. The number of carboxylic acid groups (broad SMARTS) is 1. The van der Waals surface area contributed by atoms with Crippen molar-refractivity contribution < 1.29 is 19.6 Å². The van der Waals surface area contributed by atoms with Crippen molar-refractivity contribution in [3.05, 3.63) is 40.5 Å². The Morgan fingerprint density at radius 3 is 2.64 bits per heavy atom. The molecule has 0 heterocycles. The van der Waals surface area contributed by atoms with Gasteiger partial charge >= 0.3 is 5.97 Å². The first kappa shape index (κ1) is 17.5. The molecule has 0 spiro atoms. The highest BCUT2D eigenvalue weighted by Gasteiger charge is 2.22. The minimum absolute atomic E-state index is 0.0430. The normalized spacial score (nSPS) is 11.5. The quantitative estimate of drug-likeness (QED) is 0.389. The molecule has 0 radical (unpaired) electrons. The average Bonchev–Trinajstić information content (AvgIpc) is 2.42. The van der Waals surface area contributed by atoms with Gasteiger partial charge in [0.05, 0.1) is 9.82 Å². The Morgan fingerprint density at radius 1 is 1.55 bits per heavy atom. The standard InChI is InChI=1S/C13H15N3O5S/c1-7(14)9-3-4-12(11(5-9)16(20)21)22-6-10(13(18)19)15-8(2)17/h3-5,10H,1,6,14H2,2H3,(H,15,17)(H,18,19). The molecule has 22 heavy (non-hydrogen) atoms. The van der Waals surface area contributed by atoms with Gasteiger partial charge in [-0.05, 0) is 6.07 Å². The zero-order chi connectivity index (χ0) is 16.9. The van der Waals surface area contributed by atoms with E-state index in [4.69, 9.17) is 10.8 Å². The van der Waals surface area contributed by atoms with Crippen molar-refractivity contribution in [2.75, 3.05) is 5.75 Å². The summed E-state index contributed by atoms with van der Waals surface area (Å²) in [6.45, 7) is 4.71. The Hall–Kier alpha value is -2.55. The first-order chi connectivity index (χ1) is 10.2. The number of rotatable bonds is 7. The number of carbonyl (C=O) groups is 2. The van der Waals surface area contributed by atoms with Crippen LogP contribution in [0.4, 0.5) is 5.69 Å². The number of carbonyl (C=O) groups excluding carboxylic acids is 1. The number of hydrogen-bond acceptors (Lipinski definition) is 6. The van der Waals surface area contributed by atoms with E-state index in [-0.39, 0.29) is 22.0 Å². The Labute approximate surface area is 130 Å². The molecule has 0 aliphatic rings. The summed E-state index contributed by atoms with van der Waals surface area (Å²) in [5.74, 6) is -1.74. The lowest BCUT2D eigenvalue weighted by Gasteiger charge is -2.13. The molecule has 118 valence electrons. The summed E-state index contributed by atoms with van der Waals surface area (Å²) in [7, 11) is 0. The van der Waals surface area contributed by atoms with E-state index >= 15 is 0 Å². The van der Waals surface area contributed by atoms with E-state index in [2.05, 4.69) is 11.9 Å². The molecule has 1 atom stereocenters. The maximum atomic E-state index is 11.1. The summed E-state index contributed by atoms with van der Waals surface area (Å²) >= 11 is 0.967. The molecule has 1 rings (SSSR count). The van der Waals surface area contributed by atoms with Gasteiger partial charge in [0, 0.05) is 30.0 Å². The number of nitrogens with two attached hydrogens (primary N) is 1. The van der Waals surface area contributed by atoms with Crippen molar-refractivity contribution in [1.29, 1.82) is 0 Å². The van der Waals surface area contributed by atoms with E-state index < -0.39 is 22.8 Å². The van der Waals surface area contributed by atoms with Gasteiger partial charge < -0.3 is 16.2 Å². The Balaban J connectivity index is 2.97. The van der Waals surface area contributed by atoms with Crippen molar-refractivity contribution >= 4 is 35.0 Å². The third-order valence-electron chi connectivity index (χ3n) is 2.61. The molecule has 0 saturated heterocycles. The number of nitrogens with one attached hydrogen (secondary N) is 1. The first-order valence-corrected chi connectivity index (χ1v) is 7.06. The summed E-state index contributed by atoms with van der Waals surface area (Å²) in [5, 5.41) is 22.4. The third kappa shape index (κ3) is 4.77. The highest BCUT2D eigenvalue weighted by Crippen LogP contribution is 2.31. The highest BCUT2D eigenvalue weighted by molar-refractivity contribution is 7.99. The number of thioether (sulfide) groups is 1.